The molecular weight excluding hydrogens is 118 g/mol. The molecule has 0 heterocycles. The Kier molecular flexibility index (Phi) is 374. The molecule has 0 aliphatic carbocycles. The number of hydrogen-bond acceptors (Lipinski definition) is 0. The molecule has 0 aromatic heterocycles. The summed E-state index contributed by atoms with van der Waals surface area (Å²) in [4.78, 5) is 0. The zero-order valence-corrected chi connectivity index (χ0v) is 2.26. The summed E-state index contributed by atoms with van der Waals surface area (Å²) in [6.07, 6.45) is 0. The maximum atomic E-state index is 0. The van der Waals surface area contributed by atoms with Crippen LogP contribution in [0.3, 0.4) is 0 Å². The van der Waals surface area contributed by atoms with Gasteiger partial charge in [-0.3, -0.25) is 0 Å². The van der Waals surface area contributed by atoms with Crippen LogP contribution in [0.2, 0.25) is 0 Å². The number of rotatable bonds is 0. The summed E-state index contributed by atoms with van der Waals surface area (Å²) in [6, 6.07) is 0. The first-order chi connectivity index (χ1) is 0. The molecule has 0 unspecified atom stereocenters. The molecule has 0 rings (SSSR count). The van der Waals surface area contributed by atoms with Gasteiger partial charge in [0.2, 0.25) is 0 Å². The summed E-state index contributed by atoms with van der Waals surface area (Å²) in [5.74, 6) is 0. The van der Waals surface area contributed by atoms with Crippen molar-refractivity contribution in [2.75, 3.05) is 0 Å². The standard InChI is InChI=1S/Al.B.Cr.H4Si.3H/h;;;1H4;;;. The van der Waals surface area contributed by atoms with Crippen LogP contribution in [0.25, 0.3) is 0 Å². The Morgan fingerprint density at radius 2 is 1.00 bits per heavy atom. The van der Waals surface area contributed by atoms with Gasteiger partial charge in [0.15, 0.2) is 17.4 Å². The molecule has 4 heavy (non-hydrogen) atoms. The molecule has 0 saturated carbocycles. The van der Waals surface area contributed by atoms with Gasteiger partial charge in [0, 0.05) is 25.8 Å². The zero-order chi connectivity index (χ0) is 0. The minimum atomic E-state index is 0. The van der Waals surface area contributed by atoms with E-state index in [4.69, 9.17) is 0 Å². The van der Waals surface area contributed by atoms with Crippen LogP contribution in [0.15, 0.2) is 0 Å². The summed E-state index contributed by atoms with van der Waals surface area (Å²) in [7, 11) is 0. The van der Waals surface area contributed by atoms with Crippen molar-refractivity contribution in [1.29, 1.82) is 0 Å². The van der Waals surface area contributed by atoms with E-state index in [1.54, 1.807) is 0 Å². The summed E-state index contributed by atoms with van der Waals surface area (Å²) in [6.45, 7) is 0. The van der Waals surface area contributed by atoms with Gasteiger partial charge in [-0.2, -0.15) is 0 Å². The Morgan fingerprint density at radius 1 is 1.00 bits per heavy atom. The minimum absolute atomic E-state index is 0. The van der Waals surface area contributed by atoms with Crippen LogP contribution in [-0.2, 0) is 17.4 Å². The largest absolute Gasteiger partial charge is 0.187 e. The maximum absolute atomic E-state index is 0. The van der Waals surface area contributed by atoms with E-state index in [0.29, 0.717) is 0 Å². The van der Waals surface area contributed by atoms with Crippen LogP contribution < -0.4 is 0 Å². The molecule has 4 heteroatoms. The van der Waals surface area contributed by atoms with Gasteiger partial charge in [-0.05, 0) is 11.0 Å². The first kappa shape index (κ1) is 55.7. The van der Waals surface area contributed by atoms with Gasteiger partial charge in [-0.25, -0.2) is 0 Å². The van der Waals surface area contributed by atoms with Crippen molar-refractivity contribution < 1.29 is 17.4 Å². The van der Waals surface area contributed by atoms with Crippen molar-refractivity contribution in [1.82, 2.24) is 0 Å². The summed E-state index contributed by atoms with van der Waals surface area (Å²) in [5.41, 5.74) is 0. The molecule has 0 fully saturated rings. The summed E-state index contributed by atoms with van der Waals surface area (Å²) in [5, 5.41) is 0. The maximum Gasteiger partial charge on any atom is 0.187 e. The summed E-state index contributed by atoms with van der Waals surface area (Å²) < 4.78 is 0. The molecule has 0 spiro atoms. The zero-order valence-electron chi connectivity index (χ0n) is 0.986. The molecule has 0 N–H and O–H groups in total. The Bertz CT molecular complexity index is 8.00. The molecule has 0 aromatic carbocycles. The van der Waals surface area contributed by atoms with Crippen molar-refractivity contribution in [2.24, 2.45) is 0 Å². The quantitative estimate of drug-likeness (QED) is 0.302. The van der Waals surface area contributed by atoms with Gasteiger partial charge < -0.3 is 0 Å². The van der Waals surface area contributed by atoms with E-state index in [2.05, 4.69) is 0 Å². The predicted octanol–water partition coefficient (Wildman–Crippen LogP) is -3.02. The Labute approximate surface area is 54.2 Å². The van der Waals surface area contributed by atoms with Gasteiger partial charge in [0.25, 0.3) is 0 Å². The predicted molar refractivity (Wildman–Crippen MR) is 27.0 cm³/mol. The van der Waals surface area contributed by atoms with Crippen LogP contribution >= 0.6 is 0 Å². The first-order valence-corrected chi connectivity index (χ1v) is 0. The Hall–Kier alpha value is 1.35. The van der Waals surface area contributed by atoms with Crippen molar-refractivity contribution in [3.8, 4) is 0 Å². The monoisotopic (exact) mass is 125 g/mol. The average Bonchev–Trinajstić information content (AvgIpc) is 0. The second-order valence-electron chi connectivity index (χ2n) is 0. The van der Waals surface area contributed by atoms with Crippen molar-refractivity contribution in [3.63, 3.8) is 0 Å². The number of hydrogen-bond donors (Lipinski definition) is 0. The topological polar surface area (TPSA) is 0 Å². The fourth-order valence-electron chi connectivity index (χ4n) is 0. The second-order valence-corrected chi connectivity index (χ2v) is 0. The fraction of sp³-hybridized carbons (Fsp3) is 0. The summed E-state index contributed by atoms with van der Waals surface area (Å²) >= 11 is 0. The van der Waals surface area contributed by atoms with E-state index in [-0.39, 0.29) is 54.1 Å². The minimum Gasteiger partial charge on any atom is -0.0149 e. The average molecular weight is 125 g/mol. The van der Waals surface area contributed by atoms with E-state index in [1.165, 1.54) is 0 Å². The molecule has 3 radical (unpaired) electrons. The van der Waals surface area contributed by atoms with Crippen molar-refractivity contribution >= 4 is 36.7 Å². The van der Waals surface area contributed by atoms with Gasteiger partial charge in [0.1, 0.15) is 0 Å². The molecule has 0 bridgehead atoms. The van der Waals surface area contributed by atoms with Crippen LogP contribution in [0.5, 0.6) is 0 Å². The molecular formula is H7AlBCrSi. The molecule has 23 valence electrons. The molecule has 0 amide bonds. The van der Waals surface area contributed by atoms with Crippen LogP contribution in [0.1, 0.15) is 0 Å². The molecule has 0 aromatic rings. The van der Waals surface area contributed by atoms with E-state index in [0.717, 1.165) is 0 Å². The Morgan fingerprint density at radius 3 is 1.00 bits per heavy atom. The van der Waals surface area contributed by atoms with Gasteiger partial charge in [-0.15, -0.1) is 0 Å². The third-order valence-electron chi connectivity index (χ3n) is 0. The molecule has 0 aliphatic rings. The van der Waals surface area contributed by atoms with Crippen LogP contribution in [0, 0.1) is 0 Å². The normalized spacial score (nSPS) is 0. The van der Waals surface area contributed by atoms with E-state index < -0.39 is 0 Å². The third kappa shape index (κ3) is 10.2. The van der Waals surface area contributed by atoms with E-state index in [1.807, 2.05) is 0 Å². The van der Waals surface area contributed by atoms with Crippen molar-refractivity contribution in [3.05, 3.63) is 0 Å². The molecule has 0 saturated heterocycles. The van der Waals surface area contributed by atoms with Crippen LogP contribution in [-0.4, -0.2) is 36.7 Å². The van der Waals surface area contributed by atoms with E-state index in [9.17, 15) is 0 Å². The molecule has 0 nitrogen and oxygen atoms in total. The van der Waals surface area contributed by atoms with Gasteiger partial charge in [0.05, 0.1) is 0 Å². The van der Waals surface area contributed by atoms with Crippen LogP contribution in [0.4, 0.5) is 0 Å². The fourth-order valence-corrected chi connectivity index (χ4v) is 0. The Balaban J connectivity index is 0. The smallest absolute Gasteiger partial charge is 0.0149 e. The second kappa shape index (κ2) is 26.8. The first-order valence-electron chi connectivity index (χ1n) is 0. The SMILES string of the molecule is [AlH3].[B].[Cr].[SiH4]. The molecule has 0 atom stereocenters. The van der Waals surface area contributed by atoms with Gasteiger partial charge >= 0.3 is 0 Å². The molecule has 0 aliphatic heterocycles. The third-order valence-corrected chi connectivity index (χ3v) is 0. The van der Waals surface area contributed by atoms with Crippen molar-refractivity contribution in [2.45, 2.75) is 0 Å². The van der Waals surface area contributed by atoms with E-state index >= 15 is 0 Å². The van der Waals surface area contributed by atoms with Gasteiger partial charge in [-0.1, -0.05) is 0 Å².